The van der Waals surface area contributed by atoms with Gasteiger partial charge in [-0.1, -0.05) is 13.8 Å². The second kappa shape index (κ2) is 3.89. The Bertz CT molecular complexity index is 237. The van der Waals surface area contributed by atoms with Crippen molar-refractivity contribution in [3.05, 3.63) is 0 Å². The van der Waals surface area contributed by atoms with Gasteiger partial charge in [0, 0.05) is 18.9 Å². The van der Waals surface area contributed by atoms with E-state index in [9.17, 15) is 0 Å². The fourth-order valence-electron chi connectivity index (χ4n) is 2.26. The van der Waals surface area contributed by atoms with Crippen LogP contribution in [0.4, 0.5) is 0 Å². The highest BCUT2D eigenvalue weighted by molar-refractivity contribution is 5.78. The summed E-state index contributed by atoms with van der Waals surface area (Å²) in [6.45, 7) is 4.39. The Morgan fingerprint density at radius 3 is 3.00 bits per heavy atom. The SMILES string of the molecule is CC(C)CC1=NC2CCC(N)CC2O1. The average molecular weight is 196 g/mol. The van der Waals surface area contributed by atoms with E-state index < -0.39 is 0 Å². The Kier molecular flexibility index (Phi) is 2.77. The number of hydrogen-bond acceptors (Lipinski definition) is 3. The summed E-state index contributed by atoms with van der Waals surface area (Å²) >= 11 is 0. The molecular weight excluding hydrogens is 176 g/mol. The Hall–Kier alpha value is -0.570. The van der Waals surface area contributed by atoms with Crippen molar-refractivity contribution < 1.29 is 4.74 Å². The van der Waals surface area contributed by atoms with Crippen LogP contribution in [0.5, 0.6) is 0 Å². The molecule has 0 aromatic rings. The van der Waals surface area contributed by atoms with Gasteiger partial charge >= 0.3 is 0 Å². The zero-order chi connectivity index (χ0) is 10.1. The van der Waals surface area contributed by atoms with Crippen molar-refractivity contribution >= 4 is 5.90 Å². The van der Waals surface area contributed by atoms with Crippen LogP contribution in [0, 0.1) is 5.92 Å². The molecule has 0 aromatic heterocycles. The number of hydrogen-bond donors (Lipinski definition) is 1. The summed E-state index contributed by atoms with van der Waals surface area (Å²) < 4.78 is 5.82. The summed E-state index contributed by atoms with van der Waals surface area (Å²) in [4.78, 5) is 4.62. The van der Waals surface area contributed by atoms with Crippen LogP contribution in [0.1, 0.15) is 39.5 Å². The summed E-state index contributed by atoms with van der Waals surface area (Å²) in [6, 6.07) is 0.730. The van der Waals surface area contributed by atoms with Gasteiger partial charge in [-0.05, 0) is 18.8 Å². The molecule has 1 heterocycles. The summed E-state index contributed by atoms with van der Waals surface area (Å²) in [5, 5.41) is 0. The van der Waals surface area contributed by atoms with Crippen LogP contribution < -0.4 is 5.73 Å². The molecule has 0 saturated heterocycles. The van der Waals surface area contributed by atoms with E-state index in [2.05, 4.69) is 18.8 Å². The quantitative estimate of drug-likeness (QED) is 0.731. The highest BCUT2D eigenvalue weighted by atomic mass is 16.5. The summed E-state index contributed by atoms with van der Waals surface area (Å²) in [7, 11) is 0. The maximum absolute atomic E-state index is 5.91. The molecule has 14 heavy (non-hydrogen) atoms. The first kappa shape index (κ1) is 9.97. The van der Waals surface area contributed by atoms with E-state index in [0.29, 0.717) is 18.0 Å². The van der Waals surface area contributed by atoms with Gasteiger partial charge in [0.25, 0.3) is 0 Å². The first-order valence-corrected chi connectivity index (χ1v) is 5.64. The number of ether oxygens (including phenoxy) is 1. The van der Waals surface area contributed by atoms with E-state index in [0.717, 1.165) is 31.6 Å². The van der Waals surface area contributed by atoms with Crippen molar-refractivity contribution in [1.82, 2.24) is 0 Å². The van der Waals surface area contributed by atoms with E-state index >= 15 is 0 Å². The molecule has 3 heteroatoms. The molecule has 1 aliphatic heterocycles. The zero-order valence-electron chi connectivity index (χ0n) is 9.07. The Balaban J connectivity index is 1.93. The van der Waals surface area contributed by atoms with Gasteiger partial charge < -0.3 is 10.5 Å². The zero-order valence-corrected chi connectivity index (χ0v) is 9.07. The third-order valence-electron chi connectivity index (χ3n) is 2.98. The minimum absolute atomic E-state index is 0.285. The van der Waals surface area contributed by atoms with E-state index in [1.54, 1.807) is 0 Å². The lowest BCUT2D eigenvalue weighted by molar-refractivity contribution is 0.138. The third kappa shape index (κ3) is 2.08. The second-order valence-corrected chi connectivity index (χ2v) is 4.92. The lowest BCUT2D eigenvalue weighted by atomic mass is 9.90. The molecular formula is C11H20N2O. The molecule has 1 saturated carbocycles. The molecule has 3 unspecified atom stereocenters. The topological polar surface area (TPSA) is 47.6 Å². The van der Waals surface area contributed by atoms with E-state index in [-0.39, 0.29) is 6.10 Å². The molecule has 0 bridgehead atoms. The van der Waals surface area contributed by atoms with Crippen LogP contribution in [-0.2, 0) is 4.74 Å². The molecule has 2 N–H and O–H groups in total. The van der Waals surface area contributed by atoms with Crippen molar-refractivity contribution in [2.45, 2.75) is 57.7 Å². The van der Waals surface area contributed by atoms with E-state index in [4.69, 9.17) is 10.5 Å². The predicted molar refractivity (Wildman–Crippen MR) is 57.4 cm³/mol. The van der Waals surface area contributed by atoms with Crippen LogP contribution in [0.2, 0.25) is 0 Å². The summed E-state index contributed by atoms with van der Waals surface area (Å²) in [5.41, 5.74) is 5.91. The molecule has 2 rings (SSSR count). The van der Waals surface area contributed by atoms with Crippen molar-refractivity contribution in [2.24, 2.45) is 16.6 Å². The lowest BCUT2D eigenvalue weighted by Gasteiger charge is -2.27. The van der Waals surface area contributed by atoms with Gasteiger partial charge in [0.15, 0.2) is 5.90 Å². The maximum atomic E-state index is 5.91. The predicted octanol–water partition coefficient (Wildman–Crippen LogP) is 1.71. The summed E-state index contributed by atoms with van der Waals surface area (Å²) in [5.74, 6) is 1.59. The van der Waals surface area contributed by atoms with Crippen LogP contribution >= 0.6 is 0 Å². The molecule has 0 aromatic carbocycles. The second-order valence-electron chi connectivity index (χ2n) is 4.92. The largest absolute Gasteiger partial charge is 0.475 e. The van der Waals surface area contributed by atoms with Crippen molar-refractivity contribution in [3.8, 4) is 0 Å². The number of nitrogens with zero attached hydrogens (tertiary/aromatic N) is 1. The van der Waals surface area contributed by atoms with Gasteiger partial charge in [-0.3, -0.25) is 0 Å². The molecule has 0 spiro atoms. The molecule has 80 valence electrons. The van der Waals surface area contributed by atoms with Crippen LogP contribution in [0.15, 0.2) is 4.99 Å². The third-order valence-corrected chi connectivity index (χ3v) is 2.98. The summed E-state index contributed by atoms with van der Waals surface area (Å²) in [6.07, 6.45) is 4.45. The monoisotopic (exact) mass is 196 g/mol. The first-order chi connectivity index (χ1) is 6.65. The Labute approximate surface area is 85.7 Å². The van der Waals surface area contributed by atoms with Gasteiger partial charge in [-0.2, -0.15) is 0 Å². The molecule has 0 amide bonds. The first-order valence-electron chi connectivity index (χ1n) is 5.64. The van der Waals surface area contributed by atoms with E-state index in [1.807, 2.05) is 0 Å². The smallest absolute Gasteiger partial charge is 0.184 e. The molecule has 0 radical (unpaired) electrons. The van der Waals surface area contributed by atoms with Crippen molar-refractivity contribution in [3.63, 3.8) is 0 Å². The molecule has 1 fully saturated rings. The molecule has 3 atom stereocenters. The number of rotatable bonds is 2. The average Bonchev–Trinajstić information content (AvgIpc) is 2.44. The minimum Gasteiger partial charge on any atom is -0.475 e. The fourth-order valence-corrected chi connectivity index (χ4v) is 2.26. The Morgan fingerprint density at radius 1 is 1.50 bits per heavy atom. The fraction of sp³-hybridized carbons (Fsp3) is 0.909. The van der Waals surface area contributed by atoms with Crippen LogP contribution in [0.25, 0.3) is 0 Å². The standard InChI is InChI=1S/C11H20N2O/c1-7(2)5-11-13-9-4-3-8(12)6-10(9)14-11/h7-10H,3-6,12H2,1-2H3. The van der Waals surface area contributed by atoms with Gasteiger partial charge in [0.1, 0.15) is 6.10 Å². The normalized spacial score (nSPS) is 36.6. The van der Waals surface area contributed by atoms with Gasteiger partial charge in [0.2, 0.25) is 0 Å². The molecule has 2 aliphatic rings. The number of nitrogens with two attached hydrogens (primary N) is 1. The van der Waals surface area contributed by atoms with Crippen LogP contribution in [0.3, 0.4) is 0 Å². The van der Waals surface area contributed by atoms with Gasteiger partial charge in [-0.25, -0.2) is 4.99 Å². The molecule has 1 aliphatic carbocycles. The van der Waals surface area contributed by atoms with Gasteiger partial charge in [-0.15, -0.1) is 0 Å². The van der Waals surface area contributed by atoms with E-state index in [1.165, 1.54) is 0 Å². The number of aliphatic imine (C=N–C) groups is 1. The van der Waals surface area contributed by atoms with Gasteiger partial charge in [0.05, 0.1) is 6.04 Å². The van der Waals surface area contributed by atoms with Crippen molar-refractivity contribution in [2.75, 3.05) is 0 Å². The minimum atomic E-state index is 0.285. The lowest BCUT2D eigenvalue weighted by Crippen LogP contribution is -2.37. The highest BCUT2D eigenvalue weighted by Gasteiger charge is 2.35. The highest BCUT2D eigenvalue weighted by Crippen LogP contribution is 2.29. The number of fused-ring (bicyclic) bond motifs is 1. The molecule has 3 nitrogen and oxygen atoms in total. The van der Waals surface area contributed by atoms with Crippen LogP contribution in [-0.4, -0.2) is 24.1 Å². The maximum Gasteiger partial charge on any atom is 0.184 e. The Morgan fingerprint density at radius 2 is 2.29 bits per heavy atom. The van der Waals surface area contributed by atoms with Crippen molar-refractivity contribution in [1.29, 1.82) is 0 Å².